The van der Waals surface area contributed by atoms with E-state index >= 15 is 0 Å². The Kier molecular flexibility index (Phi) is 8.46. The lowest BCUT2D eigenvalue weighted by atomic mass is 10.0. The van der Waals surface area contributed by atoms with Crippen molar-refractivity contribution in [3.8, 4) is 0 Å². The monoisotopic (exact) mass is 483 g/mol. The van der Waals surface area contributed by atoms with E-state index in [1.54, 1.807) is 23.1 Å². The smallest absolute Gasteiger partial charge is 0.324 e. The molecule has 1 heterocycles. The van der Waals surface area contributed by atoms with Crippen LogP contribution in [0.15, 0.2) is 58.3 Å². The topological polar surface area (TPSA) is 93.0 Å². The molecule has 1 saturated heterocycles. The summed E-state index contributed by atoms with van der Waals surface area (Å²) in [6, 6.07) is 12.3. The minimum Gasteiger partial charge on any atom is -0.468 e. The Labute approximate surface area is 203 Å². The number of nitrogens with zero attached hydrogens (tertiary/aromatic N) is 3. The van der Waals surface area contributed by atoms with Gasteiger partial charge in [-0.1, -0.05) is 49.9 Å². The van der Waals surface area contributed by atoms with Crippen LogP contribution >= 0.6 is 11.8 Å². The summed E-state index contributed by atoms with van der Waals surface area (Å²) in [7, 11) is 3.14. The van der Waals surface area contributed by atoms with Crippen molar-refractivity contribution >= 4 is 35.4 Å². The first kappa shape index (κ1) is 25.5. The van der Waals surface area contributed by atoms with Gasteiger partial charge in [-0.3, -0.25) is 24.6 Å². The predicted molar refractivity (Wildman–Crippen MR) is 132 cm³/mol. The number of methoxy groups -OCH3 is 1. The highest BCUT2D eigenvalue weighted by molar-refractivity contribution is 7.99. The molecule has 0 aliphatic carbocycles. The average molecular weight is 484 g/mol. The number of hydrogen-bond donors (Lipinski definition) is 0. The third-order valence-electron chi connectivity index (χ3n) is 5.79. The SMILES string of the molecule is COC(=O)C1CN(C(=O)C=Cc2ccc(Sc3ccccc3C(C)C)c([N+](=O)[O-])c2)CCN1C. The van der Waals surface area contributed by atoms with Gasteiger partial charge in [0.05, 0.1) is 16.9 Å². The molecule has 34 heavy (non-hydrogen) atoms. The van der Waals surface area contributed by atoms with Gasteiger partial charge in [0.2, 0.25) is 5.91 Å². The molecule has 0 radical (unpaired) electrons. The molecule has 0 bridgehead atoms. The second-order valence-electron chi connectivity index (χ2n) is 8.42. The van der Waals surface area contributed by atoms with E-state index in [0.717, 1.165) is 10.5 Å². The van der Waals surface area contributed by atoms with Gasteiger partial charge in [0.1, 0.15) is 6.04 Å². The van der Waals surface area contributed by atoms with Crippen LogP contribution in [0, 0.1) is 10.1 Å². The van der Waals surface area contributed by atoms with E-state index in [9.17, 15) is 19.7 Å². The number of esters is 1. The third-order valence-corrected chi connectivity index (χ3v) is 6.95. The van der Waals surface area contributed by atoms with E-state index in [2.05, 4.69) is 13.8 Å². The second-order valence-corrected chi connectivity index (χ2v) is 9.50. The van der Waals surface area contributed by atoms with Crippen LogP contribution in [-0.4, -0.2) is 66.4 Å². The van der Waals surface area contributed by atoms with E-state index < -0.39 is 11.0 Å². The zero-order chi connectivity index (χ0) is 24.8. The molecule has 8 nitrogen and oxygen atoms in total. The van der Waals surface area contributed by atoms with Gasteiger partial charge in [0.15, 0.2) is 0 Å². The molecular formula is C25H29N3O5S. The van der Waals surface area contributed by atoms with E-state index in [4.69, 9.17) is 4.74 Å². The largest absolute Gasteiger partial charge is 0.468 e. The molecule has 3 rings (SSSR count). The summed E-state index contributed by atoms with van der Waals surface area (Å²) in [4.78, 5) is 41.0. The molecule has 1 fully saturated rings. The Morgan fingerprint density at radius 1 is 1.18 bits per heavy atom. The first-order valence-corrected chi connectivity index (χ1v) is 11.8. The van der Waals surface area contributed by atoms with Gasteiger partial charge in [0, 0.05) is 36.7 Å². The predicted octanol–water partition coefficient (Wildman–Crippen LogP) is 4.20. The maximum absolute atomic E-state index is 12.7. The number of likely N-dealkylation sites (N-methyl/N-ethyl adjacent to an activating group) is 1. The lowest BCUT2D eigenvalue weighted by molar-refractivity contribution is -0.387. The van der Waals surface area contributed by atoms with Gasteiger partial charge < -0.3 is 9.64 Å². The van der Waals surface area contributed by atoms with E-state index in [1.807, 2.05) is 36.2 Å². The maximum Gasteiger partial charge on any atom is 0.324 e. The van der Waals surface area contributed by atoms with Gasteiger partial charge in [-0.2, -0.15) is 0 Å². The van der Waals surface area contributed by atoms with E-state index in [0.29, 0.717) is 29.5 Å². The van der Waals surface area contributed by atoms with Crippen molar-refractivity contribution in [2.75, 3.05) is 33.8 Å². The zero-order valence-corrected chi connectivity index (χ0v) is 20.6. The van der Waals surface area contributed by atoms with Crippen molar-refractivity contribution in [1.29, 1.82) is 0 Å². The number of rotatable bonds is 7. The Bertz CT molecular complexity index is 1100. The number of carbonyl (C=O) groups is 2. The molecule has 2 aromatic rings. The van der Waals surface area contributed by atoms with Crippen LogP contribution in [-0.2, 0) is 14.3 Å². The number of piperazine rings is 1. The highest BCUT2D eigenvalue weighted by atomic mass is 32.2. The van der Waals surface area contributed by atoms with Crippen molar-refractivity contribution in [2.45, 2.75) is 35.6 Å². The van der Waals surface area contributed by atoms with Gasteiger partial charge in [-0.25, -0.2) is 0 Å². The molecule has 180 valence electrons. The molecule has 0 saturated carbocycles. The molecule has 1 amide bonds. The van der Waals surface area contributed by atoms with Crippen LogP contribution in [0.2, 0.25) is 0 Å². The maximum atomic E-state index is 12.7. The summed E-state index contributed by atoms with van der Waals surface area (Å²) >= 11 is 1.37. The molecule has 0 spiro atoms. The summed E-state index contributed by atoms with van der Waals surface area (Å²) in [5.74, 6) is -0.343. The molecule has 2 aromatic carbocycles. The Hall–Kier alpha value is -3.17. The number of ether oxygens (including phenoxy) is 1. The van der Waals surface area contributed by atoms with Crippen LogP contribution in [0.25, 0.3) is 6.08 Å². The molecule has 0 N–H and O–H groups in total. The lowest BCUT2D eigenvalue weighted by Crippen LogP contribution is -2.56. The van der Waals surface area contributed by atoms with Crippen molar-refractivity contribution in [3.05, 3.63) is 69.8 Å². The van der Waals surface area contributed by atoms with Gasteiger partial charge in [-0.15, -0.1) is 0 Å². The second kappa shape index (κ2) is 11.3. The summed E-state index contributed by atoms with van der Waals surface area (Å²) in [5, 5.41) is 11.8. The lowest BCUT2D eigenvalue weighted by Gasteiger charge is -2.37. The van der Waals surface area contributed by atoms with Crippen LogP contribution < -0.4 is 0 Å². The summed E-state index contributed by atoms with van der Waals surface area (Å²) in [6.07, 6.45) is 2.96. The Balaban J connectivity index is 1.77. The molecule has 1 atom stereocenters. The standard InChI is InChI=1S/C25H29N3O5S/c1-17(2)19-7-5-6-8-22(19)34-23-11-9-18(15-20(23)28(31)32)10-12-24(29)27-14-13-26(3)21(16-27)25(30)33-4/h5-12,15,17,21H,13-14,16H2,1-4H3. The molecule has 0 aromatic heterocycles. The molecular weight excluding hydrogens is 454 g/mol. The fourth-order valence-corrected chi connectivity index (χ4v) is 4.95. The molecule has 1 aliphatic heterocycles. The van der Waals surface area contributed by atoms with Gasteiger partial charge in [0.25, 0.3) is 5.69 Å². The summed E-state index contributed by atoms with van der Waals surface area (Å²) < 4.78 is 4.82. The summed E-state index contributed by atoms with van der Waals surface area (Å²) in [6.45, 7) is 5.45. The van der Waals surface area contributed by atoms with Crippen LogP contribution in [0.3, 0.4) is 0 Å². The Morgan fingerprint density at radius 3 is 2.59 bits per heavy atom. The molecule has 1 aliphatic rings. The minimum atomic E-state index is -0.512. The van der Waals surface area contributed by atoms with Crippen molar-refractivity contribution in [2.24, 2.45) is 0 Å². The number of nitro benzene ring substituents is 1. The fraction of sp³-hybridized carbons (Fsp3) is 0.360. The number of amides is 1. The number of benzene rings is 2. The quantitative estimate of drug-likeness (QED) is 0.252. The third kappa shape index (κ3) is 6.03. The van der Waals surface area contributed by atoms with Crippen molar-refractivity contribution < 1.29 is 19.2 Å². The van der Waals surface area contributed by atoms with Crippen LogP contribution in [0.5, 0.6) is 0 Å². The average Bonchev–Trinajstić information content (AvgIpc) is 2.83. The van der Waals surface area contributed by atoms with Gasteiger partial charge >= 0.3 is 5.97 Å². The normalized spacial score (nSPS) is 16.7. The Morgan fingerprint density at radius 2 is 1.91 bits per heavy atom. The number of hydrogen-bond acceptors (Lipinski definition) is 7. The van der Waals surface area contributed by atoms with Crippen LogP contribution in [0.4, 0.5) is 5.69 Å². The van der Waals surface area contributed by atoms with E-state index in [-0.39, 0.29) is 24.1 Å². The van der Waals surface area contributed by atoms with Gasteiger partial charge in [-0.05, 0) is 42.3 Å². The van der Waals surface area contributed by atoms with Crippen molar-refractivity contribution in [3.63, 3.8) is 0 Å². The fourth-order valence-electron chi connectivity index (χ4n) is 3.77. The zero-order valence-electron chi connectivity index (χ0n) is 19.8. The molecule has 1 unspecified atom stereocenters. The van der Waals surface area contributed by atoms with Crippen molar-refractivity contribution in [1.82, 2.24) is 9.80 Å². The summed E-state index contributed by atoms with van der Waals surface area (Å²) in [5.41, 5.74) is 1.68. The van der Waals surface area contributed by atoms with Crippen LogP contribution in [0.1, 0.15) is 30.9 Å². The number of nitro groups is 1. The molecule has 9 heteroatoms. The first-order chi connectivity index (χ1) is 16.2. The first-order valence-electron chi connectivity index (χ1n) is 11.0. The highest BCUT2D eigenvalue weighted by Crippen LogP contribution is 2.39. The number of carbonyl (C=O) groups excluding carboxylic acids is 2. The minimum absolute atomic E-state index is 0.0106. The van der Waals surface area contributed by atoms with E-state index in [1.165, 1.54) is 31.0 Å². The highest BCUT2D eigenvalue weighted by Gasteiger charge is 2.32.